The van der Waals surface area contributed by atoms with Gasteiger partial charge in [-0.25, -0.2) is 9.48 Å². The first-order valence-electron chi connectivity index (χ1n) is 7.32. The maximum atomic E-state index is 12.4. The van der Waals surface area contributed by atoms with Crippen LogP contribution in [0.3, 0.4) is 0 Å². The number of ether oxygens (including phenoxy) is 1. The second kappa shape index (κ2) is 6.49. The molecule has 0 aliphatic heterocycles. The number of rotatable bonds is 5. The standard InChI is InChI=1S/C17H16N4O3/c1-20-16(14-5-3-4-10-18-14)19-21(17(20)23)11-15(22)12-6-8-13(24-2)9-7-12/h3-10H,11H2,1-2H3. The van der Waals surface area contributed by atoms with Gasteiger partial charge in [0.15, 0.2) is 11.6 Å². The molecule has 24 heavy (non-hydrogen) atoms. The highest BCUT2D eigenvalue weighted by Crippen LogP contribution is 2.13. The zero-order valence-corrected chi connectivity index (χ0v) is 13.3. The molecule has 3 rings (SSSR count). The molecule has 1 aromatic carbocycles. The van der Waals surface area contributed by atoms with Gasteiger partial charge in [0.2, 0.25) is 0 Å². The van der Waals surface area contributed by atoms with Gasteiger partial charge < -0.3 is 4.74 Å². The first-order chi connectivity index (χ1) is 11.6. The average Bonchev–Trinajstić information content (AvgIpc) is 2.91. The number of aromatic nitrogens is 4. The Morgan fingerprint density at radius 2 is 1.92 bits per heavy atom. The fraction of sp³-hybridized carbons (Fsp3) is 0.176. The molecular weight excluding hydrogens is 308 g/mol. The number of carbonyl (C=O) groups is 1. The van der Waals surface area contributed by atoms with E-state index < -0.39 is 0 Å². The van der Waals surface area contributed by atoms with E-state index in [-0.39, 0.29) is 18.0 Å². The van der Waals surface area contributed by atoms with Gasteiger partial charge in [-0.2, -0.15) is 0 Å². The van der Waals surface area contributed by atoms with Gasteiger partial charge in [0.25, 0.3) is 0 Å². The first kappa shape index (κ1) is 15.7. The minimum absolute atomic E-state index is 0.133. The van der Waals surface area contributed by atoms with Crippen molar-refractivity contribution in [3.63, 3.8) is 0 Å². The topological polar surface area (TPSA) is 79.0 Å². The van der Waals surface area contributed by atoms with Crippen LogP contribution in [0.4, 0.5) is 0 Å². The van der Waals surface area contributed by atoms with Gasteiger partial charge in [-0.15, -0.1) is 5.10 Å². The first-order valence-corrected chi connectivity index (χ1v) is 7.32. The molecule has 0 fully saturated rings. The van der Waals surface area contributed by atoms with Crippen molar-refractivity contribution in [3.8, 4) is 17.3 Å². The number of Topliss-reactive ketones (excluding diaryl/α,β-unsaturated/α-hetero) is 1. The molecule has 0 amide bonds. The zero-order chi connectivity index (χ0) is 17.1. The summed E-state index contributed by atoms with van der Waals surface area (Å²) >= 11 is 0. The van der Waals surface area contributed by atoms with Gasteiger partial charge in [0.05, 0.1) is 7.11 Å². The summed E-state index contributed by atoms with van der Waals surface area (Å²) in [5.74, 6) is 0.882. The number of carbonyl (C=O) groups excluding carboxylic acids is 1. The Hall–Kier alpha value is -3.22. The summed E-state index contributed by atoms with van der Waals surface area (Å²) in [5, 5.41) is 4.24. The highest BCUT2D eigenvalue weighted by atomic mass is 16.5. The molecule has 2 aromatic heterocycles. The average molecular weight is 324 g/mol. The summed E-state index contributed by atoms with van der Waals surface area (Å²) in [5.41, 5.74) is 0.706. The highest BCUT2D eigenvalue weighted by Gasteiger charge is 2.16. The van der Waals surface area contributed by atoms with Crippen LogP contribution in [-0.2, 0) is 13.6 Å². The van der Waals surface area contributed by atoms with Crippen LogP contribution in [0.1, 0.15) is 10.4 Å². The summed E-state index contributed by atoms with van der Waals surface area (Å²) in [4.78, 5) is 28.8. The van der Waals surface area contributed by atoms with Gasteiger partial charge in [-0.3, -0.25) is 14.3 Å². The Kier molecular flexibility index (Phi) is 4.24. The molecule has 3 aromatic rings. The summed E-state index contributed by atoms with van der Waals surface area (Å²) < 4.78 is 7.59. The summed E-state index contributed by atoms with van der Waals surface area (Å²) in [6.07, 6.45) is 1.63. The van der Waals surface area contributed by atoms with Crippen LogP contribution >= 0.6 is 0 Å². The minimum atomic E-state index is -0.363. The molecule has 0 atom stereocenters. The van der Waals surface area contributed by atoms with Crippen LogP contribution in [-0.4, -0.2) is 32.2 Å². The Morgan fingerprint density at radius 1 is 1.17 bits per heavy atom. The van der Waals surface area contributed by atoms with E-state index in [1.54, 1.807) is 56.8 Å². The Morgan fingerprint density at radius 3 is 2.54 bits per heavy atom. The zero-order valence-electron chi connectivity index (χ0n) is 13.3. The molecular formula is C17H16N4O3. The number of ketones is 1. The van der Waals surface area contributed by atoms with Gasteiger partial charge in [-0.05, 0) is 36.4 Å². The molecule has 0 radical (unpaired) electrons. The number of methoxy groups -OCH3 is 1. The lowest BCUT2D eigenvalue weighted by molar-refractivity contribution is 0.0966. The Labute approximate surface area is 138 Å². The van der Waals surface area contributed by atoms with E-state index in [1.165, 1.54) is 4.57 Å². The van der Waals surface area contributed by atoms with Crippen LogP contribution in [0.5, 0.6) is 5.75 Å². The van der Waals surface area contributed by atoms with Gasteiger partial charge in [0, 0.05) is 18.8 Å². The van der Waals surface area contributed by atoms with Crippen LogP contribution in [0.25, 0.3) is 11.5 Å². The SMILES string of the molecule is COc1ccc(C(=O)Cn2nc(-c3ccccn3)n(C)c2=O)cc1. The van der Waals surface area contributed by atoms with Crippen molar-refractivity contribution in [2.75, 3.05) is 7.11 Å². The second-order valence-electron chi connectivity index (χ2n) is 5.19. The fourth-order valence-corrected chi connectivity index (χ4v) is 2.31. The molecule has 0 unspecified atom stereocenters. The van der Waals surface area contributed by atoms with Gasteiger partial charge in [0.1, 0.15) is 18.0 Å². The Bertz CT molecular complexity index is 911. The Balaban J connectivity index is 1.87. The molecule has 7 heteroatoms. The molecule has 0 spiro atoms. The van der Waals surface area contributed by atoms with Gasteiger partial charge in [-0.1, -0.05) is 6.07 Å². The third-order valence-corrected chi connectivity index (χ3v) is 3.64. The third-order valence-electron chi connectivity index (χ3n) is 3.64. The lowest BCUT2D eigenvalue weighted by Gasteiger charge is -2.02. The van der Waals surface area contributed by atoms with Crippen molar-refractivity contribution in [1.82, 2.24) is 19.3 Å². The molecule has 0 aliphatic rings. The van der Waals surface area contributed by atoms with Crippen molar-refractivity contribution in [1.29, 1.82) is 0 Å². The quantitative estimate of drug-likeness (QED) is 0.665. The number of benzene rings is 1. The number of hydrogen-bond acceptors (Lipinski definition) is 5. The molecule has 0 bridgehead atoms. The molecule has 0 saturated heterocycles. The van der Waals surface area contributed by atoms with E-state index in [4.69, 9.17) is 4.74 Å². The summed E-state index contributed by atoms with van der Waals surface area (Å²) in [6.45, 7) is -0.133. The fourth-order valence-electron chi connectivity index (χ4n) is 2.31. The highest BCUT2D eigenvalue weighted by molar-refractivity contribution is 5.95. The monoisotopic (exact) mass is 324 g/mol. The molecule has 2 heterocycles. The maximum Gasteiger partial charge on any atom is 0.346 e. The van der Waals surface area contributed by atoms with E-state index >= 15 is 0 Å². The van der Waals surface area contributed by atoms with Crippen LogP contribution < -0.4 is 10.4 Å². The molecule has 7 nitrogen and oxygen atoms in total. The van der Waals surface area contributed by atoms with E-state index in [2.05, 4.69) is 10.1 Å². The third kappa shape index (κ3) is 2.96. The van der Waals surface area contributed by atoms with Crippen molar-refractivity contribution >= 4 is 5.78 Å². The number of nitrogens with zero attached hydrogens (tertiary/aromatic N) is 4. The molecule has 0 saturated carbocycles. The molecule has 0 N–H and O–H groups in total. The molecule has 122 valence electrons. The van der Waals surface area contributed by atoms with Crippen LogP contribution in [0, 0.1) is 0 Å². The van der Waals surface area contributed by atoms with Crippen LogP contribution in [0.15, 0.2) is 53.5 Å². The van der Waals surface area contributed by atoms with Crippen molar-refractivity contribution < 1.29 is 9.53 Å². The second-order valence-corrected chi connectivity index (χ2v) is 5.19. The lowest BCUT2D eigenvalue weighted by atomic mass is 10.1. The normalized spacial score (nSPS) is 10.6. The van der Waals surface area contributed by atoms with Crippen molar-refractivity contribution in [2.45, 2.75) is 6.54 Å². The van der Waals surface area contributed by atoms with Crippen molar-refractivity contribution in [3.05, 3.63) is 64.7 Å². The van der Waals surface area contributed by atoms with E-state index in [1.807, 2.05) is 6.07 Å². The lowest BCUT2D eigenvalue weighted by Crippen LogP contribution is -2.26. The predicted molar refractivity (Wildman–Crippen MR) is 88.0 cm³/mol. The number of hydrogen-bond donors (Lipinski definition) is 0. The van der Waals surface area contributed by atoms with Crippen LogP contribution in [0.2, 0.25) is 0 Å². The van der Waals surface area contributed by atoms with Gasteiger partial charge >= 0.3 is 5.69 Å². The van der Waals surface area contributed by atoms with E-state index in [0.717, 1.165) is 4.68 Å². The maximum absolute atomic E-state index is 12.4. The largest absolute Gasteiger partial charge is 0.497 e. The van der Waals surface area contributed by atoms with Crippen molar-refractivity contribution in [2.24, 2.45) is 7.05 Å². The minimum Gasteiger partial charge on any atom is -0.497 e. The number of pyridine rings is 1. The van der Waals surface area contributed by atoms with E-state index in [9.17, 15) is 9.59 Å². The summed E-state index contributed by atoms with van der Waals surface area (Å²) in [7, 11) is 3.16. The smallest absolute Gasteiger partial charge is 0.346 e. The predicted octanol–water partition coefficient (Wildman–Crippen LogP) is 1.54. The molecule has 0 aliphatic carbocycles. The summed E-state index contributed by atoms with van der Waals surface area (Å²) in [6, 6.07) is 12.1. The van der Waals surface area contributed by atoms with E-state index in [0.29, 0.717) is 22.8 Å².